The van der Waals surface area contributed by atoms with Gasteiger partial charge >= 0.3 is 0 Å². The van der Waals surface area contributed by atoms with E-state index >= 15 is 0 Å². The molecule has 82 valence electrons. The summed E-state index contributed by atoms with van der Waals surface area (Å²) >= 11 is 5.66. The lowest BCUT2D eigenvalue weighted by Gasteiger charge is -2.16. The molecule has 0 saturated heterocycles. The van der Waals surface area contributed by atoms with Gasteiger partial charge in [-0.1, -0.05) is 23.7 Å². The fraction of sp³-hybridized carbons (Fsp3) is 0.273. The Labute approximate surface area is 93.9 Å². The number of hydrogen-bond acceptors (Lipinski definition) is 2. The Morgan fingerprint density at radius 2 is 2.33 bits per heavy atom. The second-order valence-electron chi connectivity index (χ2n) is 3.15. The zero-order chi connectivity index (χ0) is 11.3. The van der Waals surface area contributed by atoms with Crippen LogP contribution >= 0.6 is 11.6 Å². The van der Waals surface area contributed by atoms with Crippen LogP contribution in [0, 0.1) is 5.82 Å². The van der Waals surface area contributed by atoms with Crippen LogP contribution in [-0.4, -0.2) is 13.1 Å². The minimum atomic E-state index is -0.338. The highest BCUT2D eigenvalue weighted by molar-refractivity contribution is 6.30. The largest absolute Gasteiger partial charge is 0.329 e. The molecule has 1 aromatic rings. The molecule has 0 bridgehead atoms. The molecule has 0 aliphatic heterocycles. The first-order chi connectivity index (χ1) is 7.19. The number of benzene rings is 1. The summed E-state index contributed by atoms with van der Waals surface area (Å²) in [5.74, 6) is -0.338. The summed E-state index contributed by atoms with van der Waals surface area (Å²) in [4.78, 5) is 0. The predicted molar refractivity (Wildman–Crippen MR) is 61.4 cm³/mol. The highest BCUT2D eigenvalue weighted by Crippen LogP contribution is 2.20. The molecule has 2 nitrogen and oxygen atoms in total. The third kappa shape index (κ3) is 3.30. The van der Waals surface area contributed by atoms with Gasteiger partial charge in [-0.05, 0) is 12.1 Å². The molecule has 1 unspecified atom stereocenters. The van der Waals surface area contributed by atoms with Crippen molar-refractivity contribution in [3.63, 3.8) is 0 Å². The Bertz CT molecular complexity index is 341. The number of rotatable bonds is 5. The Morgan fingerprint density at radius 1 is 1.60 bits per heavy atom. The molecule has 0 fully saturated rings. The van der Waals surface area contributed by atoms with Crippen LogP contribution in [0.1, 0.15) is 11.6 Å². The zero-order valence-electron chi connectivity index (χ0n) is 8.34. The average Bonchev–Trinajstić information content (AvgIpc) is 2.21. The summed E-state index contributed by atoms with van der Waals surface area (Å²) in [5, 5.41) is 3.45. The second-order valence-corrected chi connectivity index (χ2v) is 3.59. The number of hydrogen-bond donors (Lipinski definition) is 2. The first-order valence-corrected chi connectivity index (χ1v) is 5.06. The standard InChI is InChI=1S/C11H14ClFN2/c1-2-5-15-11(7-14)9-4-3-8(12)6-10(9)13/h2-4,6,11,15H,1,5,7,14H2. The first-order valence-electron chi connectivity index (χ1n) is 4.68. The molecular weight excluding hydrogens is 215 g/mol. The Kier molecular flexibility index (Phi) is 4.75. The van der Waals surface area contributed by atoms with E-state index in [4.69, 9.17) is 17.3 Å². The van der Waals surface area contributed by atoms with Gasteiger partial charge in [-0.2, -0.15) is 0 Å². The predicted octanol–water partition coefficient (Wildman–Crippen LogP) is 2.25. The lowest BCUT2D eigenvalue weighted by Crippen LogP contribution is -2.29. The van der Waals surface area contributed by atoms with Gasteiger partial charge in [0.25, 0.3) is 0 Å². The third-order valence-corrected chi connectivity index (χ3v) is 2.32. The molecule has 1 rings (SSSR count). The molecule has 3 N–H and O–H groups in total. The van der Waals surface area contributed by atoms with E-state index in [2.05, 4.69) is 11.9 Å². The van der Waals surface area contributed by atoms with Crippen LogP contribution in [-0.2, 0) is 0 Å². The SMILES string of the molecule is C=CCNC(CN)c1ccc(Cl)cc1F. The quantitative estimate of drug-likeness (QED) is 0.759. The van der Waals surface area contributed by atoms with E-state index in [0.29, 0.717) is 23.7 Å². The van der Waals surface area contributed by atoms with Gasteiger partial charge in [-0.25, -0.2) is 4.39 Å². The molecular formula is C11H14ClFN2. The van der Waals surface area contributed by atoms with E-state index < -0.39 is 0 Å². The van der Waals surface area contributed by atoms with Gasteiger partial charge in [0.15, 0.2) is 0 Å². The van der Waals surface area contributed by atoms with E-state index in [0.717, 1.165) is 0 Å². The molecule has 0 spiro atoms. The van der Waals surface area contributed by atoms with Crippen molar-refractivity contribution in [1.29, 1.82) is 0 Å². The molecule has 0 aromatic heterocycles. The summed E-state index contributed by atoms with van der Waals surface area (Å²) in [6.07, 6.45) is 1.70. The van der Waals surface area contributed by atoms with E-state index in [1.54, 1.807) is 18.2 Å². The maximum absolute atomic E-state index is 13.5. The van der Waals surface area contributed by atoms with Crippen molar-refractivity contribution >= 4 is 11.6 Å². The zero-order valence-corrected chi connectivity index (χ0v) is 9.10. The monoisotopic (exact) mass is 228 g/mol. The summed E-state index contributed by atoms with van der Waals surface area (Å²) in [7, 11) is 0. The van der Waals surface area contributed by atoms with Crippen molar-refractivity contribution in [3.05, 3.63) is 47.3 Å². The Balaban J connectivity index is 2.86. The lowest BCUT2D eigenvalue weighted by atomic mass is 10.1. The summed E-state index contributed by atoms with van der Waals surface area (Å²) in [6, 6.07) is 4.37. The molecule has 1 atom stereocenters. The fourth-order valence-corrected chi connectivity index (χ4v) is 1.49. The molecule has 4 heteroatoms. The van der Waals surface area contributed by atoms with Crippen LogP contribution in [0.5, 0.6) is 0 Å². The van der Waals surface area contributed by atoms with Gasteiger partial charge in [0, 0.05) is 29.7 Å². The third-order valence-electron chi connectivity index (χ3n) is 2.08. The number of nitrogens with two attached hydrogens (primary N) is 1. The number of halogens is 2. The maximum Gasteiger partial charge on any atom is 0.129 e. The Morgan fingerprint density at radius 3 is 2.87 bits per heavy atom. The molecule has 0 radical (unpaired) electrons. The van der Waals surface area contributed by atoms with Crippen molar-refractivity contribution in [3.8, 4) is 0 Å². The smallest absolute Gasteiger partial charge is 0.129 e. The van der Waals surface area contributed by atoms with Crippen molar-refractivity contribution in [2.75, 3.05) is 13.1 Å². The second kappa shape index (κ2) is 5.85. The van der Waals surface area contributed by atoms with Crippen LogP contribution in [0.25, 0.3) is 0 Å². The number of nitrogens with one attached hydrogen (secondary N) is 1. The van der Waals surface area contributed by atoms with Crippen molar-refractivity contribution in [2.24, 2.45) is 5.73 Å². The van der Waals surface area contributed by atoms with Gasteiger partial charge in [0.2, 0.25) is 0 Å². The van der Waals surface area contributed by atoms with Gasteiger partial charge in [0.1, 0.15) is 5.82 Å². The van der Waals surface area contributed by atoms with Crippen LogP contribution in [0.15, 0.2) is 30.9 Å². The normalized spacial score (nSPS) is 12.5. The van der Waals surface area contributed by atoms with Gasteiger partial charge in [-0.15, -0.1) is 6.58 Å². The maximum atomic E-state index is 13.5. The first kappa shape index (κ1) is 12.2. The fourth-order valence-electron chi connectivity index (χ4n) is 1.33. The van der Waals surface area contributed by atoms with Gasteiger partial charge in [-0.3, -0.25) is 0 Å². The average molecular weight is 229 g/mol. The molecule has 0 aliphatic rings. The summed E-state index contributed by atoms with van der Waals surface area (Å²) in [5.41, 5.74) is 6.09. The van der Waals surface area contributed by atoms with E-state index in [9.17, 15) is 4.39 Å². The molecule has 0 aliphatic carbocycles. The topological polar surface area (TPSA) is 38.0 Å². The molecule has 0 heterocycles. The van der Waals surface area contributed by atoms with Crippen LogP contribution in [0.4, 0.5) is 4.39 Å². The lowest BCUT2D eigenvalue weighted by molar-refractivity contribution is 0.528. The molecule has 0 amide bonds. The molecule has 15 heavy (non-hydrogen) atoms. The van der Waals surface area contributed by atoms with Crippen LogP contribution in [0.3, 0.4) is 0 Å². The molecule has 1 aromatic carbocycles. The van der Waals surface area contributed by atoms with E-state index in [1.807, 2.05) is 0 Å². The van der Waals surface area contributed by atoms with Crippen molar-refractivity contribution in [1.82, 2.24) is 5.32 Å². The van der Waals surface area contributed by atoms with Crippen LogP contribution in [0.2, 0.25) is 5.02 Å². The summed E-state index contributed by atoms with van der Waals surface area (Å²) in [6.45, 7) is 4.49. The van der Waals surface area contributed by atoms with E-state index in [1.165, 1.54) is 6.07 Å². The molecule has 0 saturated carbocycles. The van der Waals surface area contributed by atoms with Crippen LogP contribution < -0.4 is 11.1 Å². The van der Waals surface area contributed by atoms with E-state index in [-0.39, 0.29) is 11.9 Å². The Hall–Kier alpha value is -0.900. The summed E-state index contributed by atoms with van der Waals surface area (Å²) < 4.78 is 13.5. The van der Waals surface area contributed by atoms with Gasteiger partial charge in [0.05, 0.1) is 0 Å². The minimum Gasteiger partial charge on any atom is -0.329 e. The highest BCUT2D eigenvalue weighted by Gasteiger charge is 2.13. The highest BCUT2D eigenvalue weighted by atomic mass is 35.5. The van der Waals surface area contributed by atoms with Crippen molar-refractivity contribution < 1.29 is 4.39 Å². The van der Waals surface area contributed by atoms with Crippen molar-refractivity contribution in [2.45, 2.75) is 6.04 Å². The van der Waals surface area contributed by atoms with Gasteiger partial charge < -0.3 is 11.1 Å². The minimum absolute atomic E-state index is 0.208.